The maximum atomic E-state index is 12.3. The van der Waals surface area contributed by atoms with Gasteiger partial charge in [-0.25, -0.2) is 0 Å². The molecule has 0 aromatic carbocycles. The van der Waals surface area contributed by atoms with E-state index in [1.54, 1.807) is 13.3 Å². The molecule has 0 spiro atoms. The first-order valence-corrected chi connectivity index (χ1v) is 19.0. The van der Waals surface area contributed by atoms with Crippen LogP contribution in [0.15, 0.2) is 0 Å². The lowest BCUT2D eigenvalue weighted by Crippen LogP contribution is -2.04. The Morgan fingerprint density at radius 3 is 1.26 bits per heavy atom. The summed E-state index contributed by atoms with van der Waals surface area (Å²) in [6.07, 6.45) is 9.87. The second kappa shape index (κ2) is 14.3. The zero-order valence-electron chi connectivity index (χ0n) is 18.9. The van der Waals surface area contributed by atoms with Gasteiger partial charge in [0.05, 0.1) is 12.2 Å². The highest BCUT2D eigenvalue weighted by Gasteiger charge is 2.19. The van der Waals surface area contributed by atoms with Gasteiger partial charge < -0.3 is 9.05 Å². The summed E-state index contributed by atoms with van der Waals surface area (Å²) in [5, 5.41) is 0. The van der Waals surface area contributed by atoms with Gasteiger partial charge in [0, 0.05) is 25.7 Å². The van der Waals surface area contributed by atoms with E-state index >= 15 is 0 Å². The Balaban J connectivity index is 3.83. The summed E-state index contributed by atoms with van der Waals surface area (Å²) in [6.45, 7) is 16.1. The number of rotatable bonds is 16. The molecular formula is C19H44O4P4. The second-order valence-electron chi connectivity index (χ2n) is 8.45. The van der Waals surface area contributed by atoms with Crippen LogP contribution in [0.5, 0.6) is 0 Å². The summed E-state index contributed by atoms with van der Waals surface area (Å²) < 4.78 is 35.7. The zero-order chi connectivity index (χ0) is 21.1. The summed E-state index contributed by atoms with van der Waals surface area (Å²) in [6, 6.07) is 0. The third-order valence-corrected chi connectivity index (χ3v) is 12.5. The SMILES string of the molecule is CC(C)OP(C)(=O)CCCP(C)CCCP(C)CCCP(C)(=O)OC(C)C. The molecule has 0 saturated carbocycles. The molecule has 0 amide bonds. The van der Waals surface area contributed by atoms with E-state index in [4.69, 9.17) is 9.05 Å². The minimum atomic E-state index is -2.40. The quantitative estimate of drug-likeness (QED) is 0.232. The lowest BCUT2D eigenvalue weighted by atomic mass is 10.5. The van der Waals surface area contributed by atoms with E-state index in [-0.39, 0.29) is 28.1 Å². The number of hydrogen-bond donors (Lipinski definition) is 0. The average molecular weight is 460 g/mol. The van der Waals surface area contributed by atoms with Gasteiger partial charge in [-0.05, 0) is 84.9 Å². The predicted molar refractivity (Wildman–Crippen MR) is 128 cm³/mol. The molecule has 4 atom stereocenters. The third kappa shape index (κ3) is 17.8. The topological polar surface area (TPSA) is 52.6 Å². The van der Waals surface area contributed by atoms with Crippen molar-refractivity contribution in [3.8, 4) is 0 Å². The van der Waals surface area contributed by atoms with Gasteiger partial charge in [0.1, 0.15) is 0 Å². The van der Waals surface area contributed by atoms with Crippen molar-refractivity contribution in [2.45, 2.75) is 59.2 Å². The Hall–Kier alpha value is 1.24. The second-order valence-corrected chi connectivity index (χ2v) is 19.0. The minimum absolute atomic E-state index is 0.0432. The molecule has 164 valence electrons. The van der Waals surface area contributed by atoms with E-state index in [9.17, 15) is 9.13 Å². The van der Waals surface area contributed by atoms with Gasteiger partial charge >= 0.3 is 0 Å². The molecule has 4 nitrogen and oxygen atoms in total. The summed E-state index contributed by atoms with van der Waals surface area (Å²) in [4.78, 5) is 0. The van der Waals surface area contributed by atoms with Crippen molar-refractivity contribution in [3.05, 3.63) is 0 Å². The minimum Gasteiger partial charge on any atom is -0.326 e. The summed E-state index contributed by atoms with van der Waals surface area (Å²) in [5.41, 5.74) is 0. The summed E-state index contributed by atoms with van der Waals surface area (Å²) in [7, 11) is -4.72. The molecule has 0 aromatic rings. The molecule has 0 N–H and O–H groups in total. The fourth-order valence-electron chi connectivity index (χ4n) is 3.09. The standard InChI is InChI=1S/C19H44O4P4/c1-18(2)22-26(7,20)16-10-14-24(5)12-9-13-25(6)15-11-17-27(8,21)23-19(3)4/h18-19H,9-17H2,1-8H3. The third-order valence-electron chi connectivity index (χ3n) is 4.16. The van der Waals surface area contributed by atoms with Gasteiger partial charge in [0.15, 0.2) is 14.7 Å². The van der Waals surface area contributed by atoms with E-state index in [0.717, 1.165) is 12.8 Å². The molecule has 0 aliphatic rings. The van der Waals surface area contributed by atoms with E-state index in [1.807, 2.05) is 27.7 Å². The Bertz CT molecular complexity index is 440. The predicted octanol–water partition coefficient (Wildman–Crippen LogP) is 7.05. The molecule has 0 bridgehead atoms. The molecule has 4 unspecified atom stereocenters. The first-order valence-electron chi connectivity index (χ1n) is 10.2. The van der Waals surface area contributed by atoms with Gasteiger partial charge in [-0.3, -0.25) is 9.13 Å². The van der Waals surface area contributed by atoms with Crippen LogP contribution in [-0.4, -0.2) is 75.8 Å². The van der Waals surface area contributed by atoms with E-state index in [2.05, 4.69) is 13.3 Å². The fourth-order valence-corrected chi connectivity index (χ4v) is 10.5. The highest BCUT2D eigenvalue weighted by Crippen LogP contribution is 2.47. The van der Waals surface area contributed by atoms with Crippen LogP contribution in [0.4, 0.5) is 0 Å². The lowest BCUT2D eigenvalue weighted by molar-refractivity contribution is 0.245. The van der Waals surface area contributed by atoms with Gasteiger partial charge in [-0.1, -0.05) is 0 Å². The molecule has 0 rings (SSSR count). The molecular weight excluding hydrogens is 416 g/mol. The molecule has 0 radical (unpaired) electrons. The van der Waals surface area contributed by atoms with Crippen LogP contribution < -0.4 is 0 Å². The van der Waals surface area contributed by atoms with E-state index in [1.165, 1.54) is 31.1 Å². The molecule has 0 saturated heterocycles. The van der Waals surface area contributed by atoms with Crippen molar-refractivity contribution < 1.29 is 18.2 Å². The molecule has 0 heterocycles. The van der Waals surface area contributed by atoms with Crippen LogP contribution in [0.2, 0.25) is 0 Å². The molecule has 27 heavy (non-hydrogen) atoms. The van der Waals surface area contributed by atoms with Crippen molar-refractivity contribution in [3.63, 3.8) is 0 Å². The summed E-state index contributed by atoms with van der Waals surface area (Å²) >= 11 is 0. The molecule has 0 aliphatic carbocycles. The Morgan fingerprint density at radius 1 is 0.667 bits per heavy atom. The van der Waals surface area contributed by atoms with Crippen molar-refractivity contribution in [2.24, 2.45) is 0 Å². The normalized spacial score (nSPS) is 19.0. The number of hydrogen-bond acceptors (Lipinski definition) is 4. The van der Waals surface area contributed by atoms with Crippen LogP contribution >= 0.6 is 30.6 Å². The smallest absolute Gasteiger partial charge is 0.200 e. The summed E-state index contributed by atoms with van der Waals surface area (Å²) in [5.74, 6) is 0. The van der Waals surface area contributed by atoms with Gasteiger partial charge in [-0.15, -0.1) is 15.8 Å². The van der Waals surface area contributed by atoms with Crippen molar-refractivity contribution in [1.82, 2.24) is 0 Å². The van der Waals surface area contributed by atoms with Crippen LogP contribution in [0, 0.1) is 0 Å². The average Bonchev–Trinajstić information content (AvgIpc) is 2.43. The van der Waals surface area contributed by atoms with Crippen LogP contribution in [-0.2, 0) is 18.2 Å². The van der Waals surface area contributed by atoms with E-state index < -0.39 is 14.7 Å². The zero-order valence-corrected chi connectivity index (χ0v) is 22.5. The van der Waals surface area contributed by atoms with Crippen LogP contribution in [0.1, 0.15) is 47.0 Å². The molecule has 8 heteroatoms. The highest BCUT2D eigenvalue weighted by atomic mass is 31.2. The van der Waals surface area contributed by atoms with E-state index in [0.29, 0.717) is 12.3 Å². The lowest BCUT2D eigenvalue weighted by Gasteiger charge is -2.19. The van der Waals surface area contributed by atoms with Crippen molar-refractivity contribution in [1.29, 1.82) is 0 Å². The molecule has 0 fully saturated rings. The molecule has 0 aromatic heterocycles. The first-order chi connectivity index (χ1) is 12.3. The Kier molecular flexibility index (Phi) is 14.9. The largest absolute Gasteiger partial charge is 0.326 e. The van der Waals surface area contributed by atoms with Gasteiger partial charge in [0.2, 0.25) is 0 Å². The van der Waals surface area contributed by atoms with Crippen molar-refractivity contribution >= 4 is 30.6 Å². The van der Waals surface area contributed by atoms with Gasteiger partial charge in [-0.2, -0.15) is 0 Å². The Labute approximate surface area is 171 Å². The first kappa shape index (κ1) is 28.2. The maximum absolute atomic E-state index is 12.3. The highest BCUT2D eigenvalue weighted by molar-refractivity contribution is 7.59. The van der Waals surface area contributed by atoms with Crippen LogP contribution in [0.3, 0.4) is 0 Å². The maximum Gasteiger partial charge on any atom is 0.200 e. The fraction of sp³-hybridized carbons (Fsp3) is 1.00. The van der Waals surface area contributed by atoms with Crippen molar-refractivity contribution in [2.75, 3.05) is 63.6 Å². The monoisotopic (exact) mass is 460 g/mol. The van der Waals surface area contributed by atoms with Gasteiger partial charge in [0.25, 0.3) is 0 Å². The Morgan fingerprint density at radius 2 is 0.963 bits per heavy atom. The molecule has 0 aliphatic heterocycles. The van der Waals surface area contributed by atoms with Crippen LogP contribution in [0.25, 0.3) is 0 Å².